The topological polar surface area (TPSA) is 65.4 Å². The van der Waals surface area contributed by atoms with Crippen LogP contribution in [-0.2, 0) is 6.54 Å². The highest BCUT2D eigenvalue weighted by atomic mass is 35.5. The van der Waals surface area contributed by atoms with Gasteiger partial charge in [-0.1, -0.05) is 31.4 Å². The van der Waals surface area contributed by atoms with Crippen molar-refractivity contribution in [3.63, 3.8) is 0 Å². The number of aromatic nitrogens is 2. The van der Waals surface area contributed by atoms with Crippen LogP contribution in [0, 0.1) is 17.8 Å². The SMILES string of the molecule is CCn1nc(C(=O)NCC2CCC(C)CC2)c(Cl)c1-c1ccc(OCC2CC2(C)F)cc1OC. The van der Waals surface area contributed by atoms with E-state index in [1.54, 1.807) is 24.8 Å². The zero-order chi connectivity index (χ0) is 24.5. The number of halogens is 2. The molecule has 0 spiro atoms. The average Bonchev–Trinajstić information content (AvgIpc) is 3.30. The number of amides is 1. The highest BCUT2D eigenvalue weighted by Crippen LogP contribution is 2.47. The lowest BCUT2D eigenvalue weighted by atomic mass is 9.83. The molecule has 2 aliphatic rings. The van der Waals surface area contributed by atoms with Gasteiger partial charge in [0.05, 0.1) is 24.4 Å². The van der Waals surface area contributed by atoms with Crippen LogP contribution in [0.25, 0.3) is 11.3 Å². The fourth-order valence-electron chi connectivity index (χ4n) is 4.73. The lowest BCUT2D eigenvalue weighted by molar-refractivity contribution is 0.0936. The predicted octanol–water partition coefficient (Wildman–Crippen LogP) is 5.92. The molecule has 2 aromatic rings. The van der Waals surface area contributed by atoms with E-state index in [-0.39, 0.29) is 17.5 Å². The van der Waals surface area contributed by atoms with Crippen molar-refractivity contribution in [1.82, 2.24) is 15.1 Å². The lowest BCUT2D eigenvalue weighted by Crippen LogP contribution is -2.31. The molecule has 2 aliphatic carbocycles. The first-order chi connectivity index (χ1) is 16.2. The molecule has 0 radical (unpaired) electrons. The van der Waals surface area contributed by atoms with E-state index < -0.39 is 5.67 Å². The van der Waals surface area contributed by atoms with Crippen molar-refractivity contribution in [1.29, 1.82) is 0 Å². The number of nitrogens with one attached hydrogen (secondary N) is 1. The highest BCUT2D eigenvalue weighted by molar-refractivity contribution is 6.36. The summed E-state index contributed by atoms with van der Waals surface area (Å²) in [6, 6.07) is 5.42. The van der Waals surface area contributed by atoms with Crippen LogP contribution < -0.4 is 14.8 Å². The quantitative estimate of drug-likeness (QED) is 0.473. The van der Waals surface area contributed by atoms with Crippen LogP contribution in [0.5, 0.6) is 11.5 Å². The number of methoxy groups -OCH3 is 1. The Morgan fingerprint density at radius 2 is 2.03 bits per heavy atom. The van der Waals surface area contributed by atoms with E-state index in [0.717, 1.165) is 24.3 Å². The number of hydrogen-bond donors (Lipinski definition) is 1. The molecule has 0 aliphatic heterocycles. The molecule has 8 heteroatoms. The maximum absolute atomic E-state index is 13.8. The molecule has 186 valence electrons. The molecular weight excluding hydrogens is 457 g/mol. The minimum atomic E-state index is -1.13. The third kappa shape index (κ3) is 5.35. The zero-order valence-electron chi connectivity index (χ0n) is 20.5. The number of carbonyl (C=O) groups is 1. The minimum Gasteiger partial charge on any atom is -0.496 e. The second-order valence-corrected chi connectivity index (χ2v) is 10.4. The first kappa shape index (κ1) is 24.8. The van der Waals surface area contributed by atoms with Gasteiger partial charge >= 0.3 is 0 Å². The van der Waals surface area contributed by atoms with Crippen LogP contribution in [0.2, 0.25) is 5.02 Å². The molecule has 1 amide bonds. The summed E-state index contributed by atoms with van der Waals surface area (Å²) in [6.07, 6.45) is 5.23. The molecule has 2 fully saturated rings. The second kappa shape index (κ2) is 10.1. The summed E-state index contributed by atoms with van der Waals surface area (Å²) >= 11 is 6.72. The molecule has 1 heterocycles. The van der Waals surface area contributed by atoms with E-state index >= 15 is 0 Å². The first-order valence-corrected chi connectivity index (χ1v) is 12.7. The van der Waals surface area contributed by atoms with E-state index in [1.165, 1.54) is 12.8 Å². The van der Waals surface area contributed by atoms with Crippen molar-refractivity contribution in [2.45, 2.75) is 65.1 Å². The van der Waals surface area contributed by atoms with Gasteiger partial charge in [0.2, 0.25) is 0 Å². The Hall–Kier alpha value is -2.28. The summed E-state index contributed by atoms with van der Waals surface area (Å²) in [7, 11) is 1.57. The van der Waals surface area contributed by atoms with Crippen molar-refractivity contribution in [3.05, 3.63) is 28.9 Å². The summed E-state index contributed by atoms with van der Waals surface area (Å²) in [5.74, 6) is 2.10. The Kier molecular flexibility index (Phi) is 7.41. The van der Waals surface area contributed by atoms with E-state index in [0.29, 0.717) is 54.3 Å². The highest BCUT2D eigenvalue weighted by Gasteiger charge is 2.51. The summed E-state index contributed by atoms with van der Waals surface area (Å²) in [5.41, 5.74) is 0.442. The Morgan fingerprint density at radius 1 is 1.32 bits per heavy atom. The Labute approximate surface area is 206 Å². The van der Waals surface area contributed by atoms with E-state index in [2.05, 4.69) is 17.3 Å². The standard InChI is InChI=1S/C26H35ClFN3O3/c1-5-31-24(20-11-10-19(12-21(20)33-4)34-15-18-13-26(18,3)28)22(27)23(30-31)25(32)29-14-17-8-6-16(2)7-9-17/h10-12,16-18H,5-9,13-15H2,1-4H3,(H,29,32). The van der Waals surface area contributed by atoms with Crippen LogP contribution in [0.3, 0.4) is 0 Å². The maximum atomic E-state index is 13.8. The molecule has 0 bridgehead atoms. The third-order valence-corrected chi connectivity index (χ3v) is 7.67. The van der Waals surface area contributed by atoms with Gasteiger partial charge in [-0.2, -0.15) is 5.10 Å². The average molecular weight is 492 g/mol. The summed E-state index contributed by atoms with van der Waals surface area (Å²) in [6.45, 7) is 7.35. The molecule has 1 aromatic carbocycles. The normalized spacial score (nSPS) is 26.2. The van der Waals surface area contributed by atoms with E-state index in [4.69, 9.17) is 21.1 Å². The van der Waals surface area contributed by atoms with Crippen LogP contribution in [0.1, 0.15) is 63.4 Å². The molecule has 0 saturated heterocycles. The summed E-state index contributed by atoms with van der Waals surface area (Å²) in [5, 5.41) is 7.84. The van der Waals surface area contributed by atoms with Crippen molar-refractivity contribution in [3.8, 4) is 22.8 Å². The second-order valence-electron chi connectivity index (χ2n) is 10.0. The number of rotatable bonds is 9. The zero-order valence-corrected chi connectivity index (χ0v) is 21.3. The molecule has 1 aromatic heterocycles. The van der Waals surface area contributed by atoms with Gasteiger partial charge in [-0.05, 0) is 57.1 Å². The maximum Gasteiger partial charge on any atom is 0.273 e. The van der Waals surface area contributed by atoms with Crippen LogP contribution in [0.15, 0.2) is 18.2 Å². The molecule has 34 heavy (non-hydrogen) atoms. The monoisotopic (exact) mass is 491 g/mol. The number of benzene rings is 1. The van der Waals surface area contributed by atoms with Crippen LogP contribution in [-0.4, -0.2) is 41.6 Å². The van der Waals surface area contributed by atoms with Gasteiger partial charge in [-0.3, -0.25) is 9.48 Å². The first-order valence-electron chi connectivity index (χ1n) is 12.3. The lowest BCUT2D eigenvalue weighted by Gasteiger charge is -2.26. The van der Waals surface area contributed by atoms with E-state index in [1.807, 2.05) is 19.1 Å². The summed E-state index contributed by atoms with van der Waals surface area (Å²) in [4.78, 5) is 12.9. The van der Waals surface area contributed by atoms with Gasteiger partial charge in [-0.15, -0.1) is 0 Å². The van der Waals surface area contributed by atoms with Gasteiger partial charge in [0.25, 0.3) is 5.91 Å². The van der Waals surface area contributed by atoms with Gasteiger partial charge in [0.15, 0.2) is 5.69 Å². The fraction of sp³-hybridized carbons (Fsp3) is 0.615. The predicted molar refractivity (Wildman–Crippen MR) is 131 cm³/mol. The van der Waals surface area contributed by atoms with Crippen LogP contribution >= 0.6 is 11.6 Å². The smallest absolute Gasteiger partial charge is 0.273 e. The number of nitrogens with zero attached hydrogens (tertiary/aromatic N) is 2. The van der Waals surface area contributed by atoms with Gasteiger partial charge in [0, 0.05) is 30.6 Å². The largest absolute Gasteiger partial charge is 0.496 e. The number of hydrogen-bond acceptors (Lipinski definition) is 4. The Morgan fingerprint density at radius 3 is 2.65 bits per heavy atom. The molecule has 1 N–H and O–H groups in total. The van der Waals surface area contributed by atoms with E-state index in [9.17, 15) is 9.18 Å². The number of aryl methyl sites for hydroxylation is 1. The van der Waals surface area contributed by atoms with Gasteiger partial charge < -0.3 is 14.8 Å². The molecular formula is C26H35ClFN3O3. The molecule has 2 unspecified atom stereocenters. The van der Waals surface area contributed by atoms with Gasteiger partial charge in [0.1, 0.15) is 17.2 Å². The molecule has 6 nitrogen and oxygen atoms in total. The number of ether oxygens (including phenoxy) is 2. The molecule has 2 saturated carbocycles. The summed E-state index contributed by atoms with van der Waals surface area (Å²) < 4.78 is 26.9. The third-order valence-electron chi connectivity index (χ3n) is 7.31. The molecule has 4 rings (SSSR count). The number of carbonyl (C=O) groups excluding carboxylic acids is 1. The van der Waals surface area contributed by atoms with Crippen molar-refractivity contribution in [2.75, 3.05) is 20.3 Å². The number of alkyl halides is 1. The van der Waals surface area contributed by atoms with Crippen molar-refractivity contribution >= 4 is 17.5 Å². The minimum absolute atomic E-state index is 0.0766. The van der Waals surface area contributed by atoms with Crippen molar-refractivity contribution in [2.24, 2.45) is 17.8 Å². The Balaban J connectivity index is 1.50. The molecule has 2 atom stereocenters. The van der Waals surface area contributed by atoms with Gasteiger partial charge in [-0.25, -0.2) is 4.39 Å². The fourth-order valence-corrected chi connectivity index (χ4v) is 5.06. The Bertz CT molecular complexity index is 1030. The van der Waals surface area contributed by atoms with Crippen molar-refractivity contribution < 1.29 is 18.7 Å². The van der Waals surface area contributed by atoms with Crippen LogP contribution in [0.4, 0.5) is 4.39 Å².